The van der Waals surface area contributed by atoms with Gasteiger partial charge in [-0.1, -0.05) is 37.3 Å². The first-order valence-electron chi connectivity index (χ1n) is 6.68. The predicted octanol–water partition coefficient (Wildman–Crippen LogP) is 1.77. The van der Waals surface area contributed by atoms with Crippen LogP contribution in [0.15, 0.2) is 30.3 Å². The summed E-state index contributed by atoms with van der Waals surface area (Å²) >= 11 is 0. The van der Waals surface area contributed by atoms with Crippen LogP contribution in [0.5, 0.6) is 0 Å². The van der Waals surface area contributed by atoms with Gasteiger partial charge in [-0.25, -0.2) is 4.79 Å². The molecule has 0 aliphatic carbocycles. The number of hydrogen-bond donors (Lipinski definition) is 2. The van der Waals surface area contributed by atoms with E-state index in [0.29, 0.717) is 4.90 Å². The summed E-state index contributed by atoms with van der Waals surface area (Å²) in [6.45, 7) is 1.11. The number of aliphatic hydroxyl groups is 1. The highest BCUT2D eigenvalue weighted by molar-refractivity contribution is 6.08. The molecule has 5 nitrogen and oxygen atoms in total. The van der Waals surface area contributed by atoms with E-state index in [4.69, 9.17) is 0 Å². The van der Waals surface area contributed by atoms with Crippen molar-refractivity contribution in [2.24, 2.45) is 0 Å². The van der Waals surface area contributed by atoms with Gasteiger partial charge in [0.25, 0.3) is 5.91 Å². The maximum absolute atomic E-state index is 13.6. The Hall–Kier alpha value is -2.09. The minimum absolute atomic E-state index is 0.210. The molecule has 0 spiro atoms. The molecule has 1 aliphatic heterocycles. The first kappa shape index (κ1) is 16.3. The lowest BCUT2D eigenvalue weighted by molar-refractivity contribution is -0.198. The van der Waals surface area contributed by atoms with Crippen LogP contribution in [0.1, 0.15) is 18.9 Å². The lowest BCUT2D eigenvalue weighted by Gasteiger charge is -2.29. The van der Waals surface area contributed by atoms with E-state index in [1.165, 1.54) is 18.2 Å². The highest BCUT2D eigenvalue weighted by Gasteiger charge is 2.68. The van der Waals surface area contributed by atoms with Crippen LogP contribution >= 0.6 is 0 Å². The molecule has 1 aliphatic rings. The standard InChI is InChI=1S/C14H15F3N2O3/c1-2-10(20)8-19-11(21)13(14(15,16)17,18-12(19)22)9-6-4-3-5-7-9/h3-7,10,20H,2,8H2,1H3,(H,18,22)/t10-,13+/m1/s1. The number of urea groups is 1. The molecule has 8 heteroatoms. The zero-order chi connectivity index (χ0) is 16.5. The highest BCUT2D eigenvalue weighted by atomic mass is 19.4. The summed E-state index contributed by atoms with van der Waals surface area (Å²) in [4.78, 5) is 24.6. The number of carbonyl (C=O) groups excluding carboxylic acids is 2. The molecule has 2 atom stereocenters. The van der Waals surface area contributed by atoms with Crippen molar-refractivity contribution < 1.29 is 27.9 Å². The molecule has 0 aromatic heterocycles. The SMILES string of the molecule is CC[C@@H](O)CN1C(=O)N[C@](c2ccccc2)(C(F)(F)F)C1=O. The minimum atomic E-state index is -5.01. The van der Waals surface area contributed by atoms with Crippen LogP contribution in [0.25, 0.3) is 0 Å². The first-order chi connectivity index (χ1) is 10.2. The molecule has 0 unspecified atom stereocenters. The molecule has 0 bridgehead atoms. The fourth-order valence-electron chi connectivity index (χ4n) is 2.32. The molecular formula is C14H15F3N2O3. The lowest BCUT2D eigenvalue weighted by atomic mass is 9.89. The lowest BCUT2D eigenvalue weighted by Crippen LogP contribution is -2.55. The molecule has 1 heterocycles. The average Bonchev–Trinajstić information content (AvgIpc) is 2.73. The summed E-state index contributed by atoms with van der Waals surface area (Å²) in [5, 5.41) is 11.3. The van der Waals surface area contributed by atoms with Crippen LogP contribution in [-0.4, -0.2) is 40.8 Å². The number of rotatable bonds is 4. The molecule has 1 aromatic carbocycles. The van der Waals surface area contributed by atoms with Gasteiger partial charge in [-0.2, -0.15) is 13.2 Å². The van der Waals surface area contributed by atoms with E-state index in [1.54, 1.807) is 12.2 Å². The van der Waals surface area contributed by atoms with Crippen LogP contribution in [0.3, 0.4) is 0 Å². The Balaban J connectivity index is 2.49. The number of amides is 3. The Morgan fingerprint density at radius 3 is 2.36 bits per heavy atom. The molecular weight excluding hydrogens is 301 g/mol. The molecule has 1 fully saturated rings. The van der Waals surface area contributed by atoms with Crippen LogP contribution in [0, 0.1) is 0 Å². The summed E-state index contributed by atoms with van der Waals surface area (Å²) in [5.74, 6) is -1.43. The fourth-order valence-corrected chi connectivity index (χ4v) is 2.32. The fraction of sp³-hybridized carbons (Fsp3) is 0.429. The maximum atomic E-state index is 13.6. The number of imide groups is 1. The predicted molar refractivity (Wildman–Crippen MR) is 70.7 cm³/mol. The Kier molecular flexibility index (Phi) is 4.15. The number of nitrogens with zero attached hydrogens (tertiary/aromatic N) is 1. The Morgan fingerprint density at radius 1 is 1.27 bits per heavy atom. The summed E-state index contributed by atoms with van der Waals surface area (Å²) in [5.41, 5.74) is -3.48. The van der Waals surface area contributed by atoms with Crippen LogP contribution in [0.4, 0.5) is 18.0 Å². The number of halogens is 3. The van der Waals surface area contributed by atoms with Crippen molar-refractivity contribution in [1.82, 2.24) is 10.2 Å². The van der Waals surface area contributed by atoms with E-state index in [9.17, 15) is 27.9 Å². The van der Waals surface area contributed by atoms with Crippen molar-refractivity contribution in [2.75, 3.05) is 6.54 Å². The first-order valence-corrected chi connectivity index (χ1v) is 6.68. The minimum Gasteiger partial charge on any atom is -0.391 e. The third-order valence-corrected chi connectivity index (χ3v) is 3.60. The molecule has 3 amide bonds. The van der Waals surface area contributed by atoms with Gasteiger partial charge in [0, 0.05) is 0 Å². The molecule has 0 saturated carbocycles. The van der Waals surface area contributed by atoms with Crippen LogP contribution in [0.2, 0.25) is 0 Å². The van der Waals surface area contributed by atoms with Gasteiger partial charge in [0.15, 0.2) is 0 Å². The summed E-state index contributed by atoms with van der Waals surface area (Å²) in [7, 11) is 0. The van der Waals surface area contributed by atoms with Crippen LogP contribution < -0.4 is 5.32 Å². The normalized spacial score (nSPS) is 23.6. The van der Waals surface area contributed by atoms with E-state index in [0.717, 1.165) is 12.1 Å². The zero-order valence-electron chi connectivity index (χ0n) is 11.7. The van der Waals surface area contributed by atoms with Gasteiger partial charge >= 0.3 is 12.2 Å². The second-order valence-electron chi connectivity index (χ2n) is 5.02. The highest BCUT2D eigenvalue weighted by Crippen LogP contribution is 2.43. The number of β-amino-alcohol motifs (C(OH)–C–C–N with tert-alkyl or cyclic N) is 1. The molecule has 2 rings (SSSR count). The third-order valence-electron chi connectivity index (χ3n) is 3.60. The Morgan fingerprint density at radius 2 is 1.86 bits per heavy atom. The summed E-state index contributed by atoms with van der Waals surface area (Å²) in [6.07, 6.45) is -5.87. The molecule has 22 heavy (non-hydrogen) atoms. The van der Waals surface area contributed by atoms with Crippen molar-refractivity contribution in [3.8, 4) is 0 Å². The Labute approximate surface area is 124 Å². The van der Waals surface area contributed by atoms with Crippen molar-refractivity contribution in [2.45, 2.75) is 31.2 Å². The monoisotopic (exact) mass is 316 g/mol. The van der Waals surface area contributed by atoms with Crippen LogP contribution in [-0.2, 0) is 10.3 Å². The van der Waals surface area contributed by atoms with E-state index in [-0.39, 0.29) is 12.0 Å². The van der Waals surface area contributed by atoms with E-state index >= 15 is 0 Å². The summed E-state index contributed by atoms with van der Waals surface area (Å²) in [6, 6.07) is 5.31. The molecule has 120 valence electrons. The number of hydrogen-bond acceptors (Lipinski definition) is 3. The van der Waals surface area contributed by atoms with Crippen molar-refractivity contribution >= 4 is 11.9 Å². The van der Waals surface area contributed by atoms with Gasteiger partial charge in [0.05, 0.1) is 12.6 Å². The molecule has 1 saturated heterocycles. The smallest absolute Gasteiger partial charge is 0.391 e. The average molecular weight is 316 g/mol. The van der Waals surface area contributed by atoms with Crippen molar-refractivity contribution in [1.29, 1.82) is 0 Å². The van der Waals surface area contributed by atoms with Gasteiger partial charge in [-0.05, 0) is 12.0 Å². The second kappa shape index (κ2) is 5.60. The number of aliphatic hydroxyl groups excluding tert-OH is 1. The molecule has 2 N–H and O–H groups in total. The van der Waals surface area contributed by atoms with Gasteiger partial charge in [0.1, 0.15) is 0 Å². The number of carbonyl (C=O) groups is 2. The van der Waals surface area contributed by atoms with Gasteiger partial charge in [-0.15, -0.1) is 0 Å². The molecule has 0 radical (unpaired) electrons. The Bertz CT molecular complexity index is 576. The number of alkyl halides is 3. The van der Waals surface area contributed by atoms with Crippen molar-refractivity contribution in [3.05, 3.63) is 35.9 Å². The van der Waals surface area contributed by atoms with E-state index in [1.807, 2.05) is 0 Å². The van der Waals surface area contributed by atoms with E-state index in [2.05, 4.69) is 0 Å². The number of nitrogens with one attached hydrogen (secondary N) is 1. The third kappa shape index (κ3) is 2.43. The van der Waals surface area contributed by atoms with Gasteiger partial charge in [-0.3, -0.25) is 9.69 Å². The second-order valence-corrected chi connectivity index (χ2v) is 5.02. The quantitative estimate of drug-likeness (QED) is 0.832. The van der Waals surface area contributed by atoms with Gasteiger partial charge < -0.3 is 10.4 Å². The maximum Gasteiger partial charge on any atom is 0.425 e. The topological polar surface area (TPSA) is 69.6 Å². The van der Waals surface area contributed by atoms with Gasteiger partial charge in [0.2, 0.25) is 5.54 Å². The zero-order valence-corrected chi connectivity index (χ0v) is 11.7. The van der Waals surface area contributed by atoms with E-state index < -0.39 is 36.3 Å². The summed E-state index contributed by atoms with van der Waals surface area (Å²) < 4.78 is 40.8. The largest absolute Gasteiger partial charge is 0.425 e. The number of benzene rings is 1. The molecule has 1 aromatic rings. The van der Waals surface area contributed by atoms with Crippen molar-refractivity contribution in [3.63, 3.8) is 0 Å².